The SMILES string of the molecule is CCC(C)CC(CCOC(=O)OCCCOC(C)=O)c1ccccc1. The highest BCUT2D eigenvalue weighted by Gasteiger charge is 2.15. The van der Waals surface area contributed by atoms with Crippen LogP contribution in [0.15, 0.2) is 30.3 Å². The van der Waals surface area contributed by atoms with Gasteiger partial charge in [0.25, 0.3) is 0 Å². The molecule has 0 N–H and O–H groups in total. The van der Waals surface area contributed by atoms with Crippen LogP contribution in [0.2, 0.25) is 0 Å². The van der Waals surface area contributed by atoms with E-state index in [9.17, 15) is 9.59 Å². The first-order chi connectivity index (χ1) is 12.0. The van der Waals surface area contributed by atoms with Gasteiger partial charge in [0.1, 0.15) is 0 Å². The fourth-order valence-electron chi connectivity index (χ4n) is 2.55. The van der Waals surface area contributed by atoms with Crippen molar-refractivity contribution in [3.05, 3.63) is 35.9 Å². The number of hydrogen-bond donors (Lipinski definition) is 0. The lowest BCUT2D eigenvalue weighted by atomic mass is 9.86. The molecule has 1 rings (SSSR count). The van der Waals surface area contributed by atoms with E-state index < -0.39 is 6.16 Å². The van der Waals surface area contributed by atoms with E-state index in [1.165, 1.54) is 12.5 Å². The van der Waals surface area contributed by atoms with Crippen molar-refractivity contribution in [1.82, 2.24) is 0 Å². The molecule has 0 aliphatic heterocycles. The van der Waals surface area contributed by atoms with Gasteiger partial charge in [-0.1, -0.05) is 50.6 Å². The summed E-state index contributed by atoms with van der Waals surface area (Å²) in [5.74, 6) is 0.655. The van der Waals surface area contributed by atoms with E-state index in [1.807, 2.05) is 18.2 Å². The summed E-state index contributed by atoms with van der Waals surface area (Å²) in [7, 11) is 0. The monoisotopic (exact) mass is 350 g/mol. The Labute approximate surface area is 150 Å². The lowest BCUT2D eigenvalue weighted by Gasteiger charge is -2.20. The molecular formula is C20H30O5. The molecule has 2 unspecified atom stereocenters. The average molecular weight is 350 g/mol. The third-order valence-electron chi connectivity index (χ3n) is 4.15. The van der Waals surface area contributed by atoms with E-state index in [2.05, 4.69) is 26.0 Å². The first-order valence-corrected chi connectivity index (χ1v) is 9.00. The van der Waals surface area contributed by atoms with Crippen LogP contribution in [0.3, 0.4) is 0 Å². The molecule has 0 aliphatic carbocycles. The molecule has 0 fully saturated rings. The summed E-state index contributed by atoms with van der Waals surface area (Å²) in [6.45, 7) is 6.54. The smallest absolute Gasteiger partial charge is 0.466 e. The van der Waals surface area contributed by atoms with Crippen molar-refractivity contribution in [2.75, 3.05) is 19.8 Å². The number of ether oxygens (including phenoxy) is 3. The molecule has 0 bridgehead atoms. The molecule has 0 heterocycles. The highest BCUT2D eigenvalue weighted by Crippen LogP contribution is 2.28. The Morgan fingerprint density at radius 1 is 1.00 bits per heavy atom. The predicted molar refractivity (Wildman–Crippen MR) is 96.4 cm³/mol. The van der Waals surface area contributed by atoms with Gasteiger partial charge >= 0.3 is 12.1 Å². The molecule has 5 heteroatoms. The number of esters is 1. The molecule has 1 aromatic carbocycles. The van der Waals surface area contributed by atoms with Gasteiger partial charge in [-0.3, -0.25) is 4.79 Å². The number of carbonyl (C=O) groups is 2. The molecule has 0 spiro atoms. The molecular weight excluding hydrogens is 320 g/mol. The van der Waals surface area contributed by atoms with Crippen molar-refractivity contribution in [3.63, 3.8) is 0 Å². The van der Waals surface area contributed by atoms with E-state index >= 15 is 0 Å². The molecule has 0 saturated carbocycles. The molecule has 0 radical (unpaired) electrons. The van der Waals surface area contributed by atoms with Crippen molar-refractivity contribution < 1.29 is 23.8 Å². The van der Waals surface area contributed by atoms with E-state index in [4.69, 9.17) is 14.2 Å². The Morgan fingerprint density at radius 3 is 2.28 bits per heavy atom. The maximum Gasteiger partial charge on any atom is 0.508 e. The van der Waals surface area contributed by atoms with Gasteiger partial charge in [-0.05, 0) is 30.2 Å². The molecule has 0 aromatic heterocycles. The van der Waals surface area contributed by atoms with Crippen molar-refractivity contribution in [2.24, 2.45) is 5.92 Å². The minimum atomic E-state index is -0.668. The van der Waals surface area contributed by atoms with E-state index in [-0.39, 0.29) is 19.2 Å². The van der Waals surface area contributed by atoms with E-state index in [0.29, 0.717) is 24.9 Å². The van der Waals surface area contributed by atoms with Crippen LogP contribution in [0.4, 0.5) is 4.79 Å². The fraction of sp³-hybridized carbons (Fsp3) is 0.600. The molecule has 5 nitrogen and oxygen atoms in total. The summed E-state index contributed by atoms with van der Waals surface area (Å²) in [5.41, 5.74) is 1.28. The number of rotatable bonds is 11. The van der Waals surface area contributed by atoms with Gasteiger partial charge in [-0.15, -0.1) is 0 Å². The summed E-state index contributed by atoms with van der Waals surface area (Å²) in [5, 5.41) is 0. The Hall–Kier alpha value is -2.04. The van der Waals surface area contributed by atoms with E-state index in [1.54, 1.807) is 0 Å². The lowest BCUT2D eigenvalue weighted by Crippen LogP contribution is -2.14. The van der Waals surface area contributed by atoms with Crippen LogP contribution in [-0.2, 0) is 19.0 Å². The van der Waals surface area contributed by atoms with Crippen molar-refractivity contribution in [3.8, 4) is 0 Å². The Bertz CT molecular complexity index is 500. The van der Waals surface area contributed by atoms with Gasteiger partial charge in [0.05, 0.1) is 19.8 Å². The van der Waals surface area contributed by atoms with Gasteiger partial charge in [-0.25, -0.2) is 4.79 Å². The van der Waals surface area contributed by atoms with Crippen molar-refractivity contribution in [1.29, 1.82) is 0 Å². The zero-order valence-corrected chi connectivity index (χ0v) is 15.5. The number of benzene rings is 1. The van der Waals surface area contributed by atoms with Gasteiger partial charge in [0, 0.05) is 13.3 Å². The maximum atomic E-state index is 11.6. The van der Waals surface area contributed by atoms with Crippen molar-refractivity contribution in [2.45, 2.75) is 52.4 Å². The maximum absolute atomic E-state index is 11.6. The summed E-state index contributed by atoms with van der Waals surface area (Å²) < 4.78 is 14.9. The van der Waals surface area contributed by atoms with Crippen LogP contribution in [-0.4, -0.2) is 31.9 Å². The predicted octanol–water partition coefficient (Wildman–Crippen LogP) is 4.70. The third kappa shape index (κ3) is 9.75. The Morgan fingerprint density at radius 2 is 1.64 bits per heavy atom. The largest absolute Gasteiger partial charge is 0.508 e. The second-order valence-electron chi connectivity index (χ2n) is 6.29. The van der Waals surface area contributed by atoms with Gasteiger partial charge in [-0.2, -0.15) is 0 Å². The number of carbonyl (C=O) groups excluding carboxylic acids is 2. The Balaban J connectivity index is 2.31. The topological polar surface area (TPSA) is 61.8 Å². The van der Waals surface area contributed by atoms with E-state index in [0.717, 1.165) is 19.3 Å². The highest BCUT2D eigenvalue weighted by molar-refractivity contribution is 5.65. The van der Waals surface area contributed by atoms with Gasteiger partial charge in [0.2, 0.25) is 0 Å². The Kier molecular flexibility index (Phi) is 10.4. The molecule has 1 aromatic rings. The first kappa shape index (κ1) is 21.0. The summed E-state index contributed by atoms with van der Waals surface area (Å²) in [4.78, 5) is 22.2. The summed E-state index contributed by atoms with van der Waals surface area (Å²) in [6, 6.07) is 10.3. The second-order valence-corrected chi connectivity index (χ2v) is 6.29. The number of hydrogen-bond acceptors (Lipinski definition) is 5. The fourth-order valence-corrected chi connectivity index (χ4v) is 2.55. The standard InChI is InChI=1S/C20H30O5/c1-4-16(2)15-19(18-9-6-5-7-10-18)11-14-25-20(22)24-13-8-12-23-17(3)21/h5-7,9-10,16,19H,4,8,11-15H2,1-3H3. The normalized spacial score (nSPS) is 12.9. The summed E-state index contributed by atoms with van der Waals surface area (Å²) in [6.07, 6.45) is 2.78. The second kappa shape index (κ2) is 12.3. The van der Waals surface area contributed by atoms with Crippen LogP contribution in [0, 0.1) is 5.92 Å². The lowest BCUT2D eigenvalue weighted by molar-refractivity contribution is -0.141. The van der Waals surface area contributed by atoms with Crippen LogP contribution in [0.25, 0.3) is 0 Å². The minimum absolute atomic E-state index is 0.182. The van der Waals surface area contributed by atoms with Crippen LogP contribution >= 0.6 is 0 Å². The zero-order valence-electron chi connectivity index (χ0n) is 15.5. The molecule has 0 aliphatic rings. The van der Waals surface area contributed by atoms with Crippen LogP contribution < -0.4 is 0 Å². The van der Waals surface area contributed by atoms with Crippen molar-refractivity contribution >= 4 is 12.1 Å². The summed E-state index contributed by atoms with van der Waals surface area (Å²) >= 11 is 0. The molecule has 0 saturated heterocycles. The van der Waals surface area contributed by atoms with Crippen LogP contribution in [0.5, 0.6) is 0 Å². The minimum Gasteiger partial charge on any atom is -0.466 e. The molecule has 25 heavy (non-hydrogen) atoms. The van der Waals surface area contributed by atoms with Gasteiger partial charge in [0.15, 0.2) is 0 Å². The van der Waals surface area contributed by atoms with Gasteiger partial charge < -0.3 is 14.2 Å². The zero-order chi connectivity index (χ0) is 18.5. The molecule has 2 atom stereocenters. The van der Waals surface area contributed by atoms with Crippen LogP contribution in [0.1, 0.15) is 57.9 Å². The molecule has 140 valence electrons. The average Bonchev–Trinajstić information content (AvgIpc) is 2.60. The quantitative estimate of drug-likeness (QED) is 0.427. The molecule has 0 amide bonds. The highest BCUT2D eigenvalue weighted by atomic mass is 16.7. The first-order valence-electron chi connectivity index (χ1n) is 9.00. The third-order valence-corrected chi connectivity index (χ3v) is 4.15.